The van der Waals surface area contributed by atoms with E-state index < -0.39 is 0 Å². The van der Waals surface area contributed by atoms with E-state index in [0.29, 0.717) is 6.42 Å². The van der Waals surface area contributed by atoms with Gasteiger partial charge in [-0.25, -0.2) is 4.39 Å². The second kappa shape index (κ2) is 5.35. The molecule has 0 fully saturated rings. The lowest BCUT2D eigenvalue weighted by atomic mass is 9.95. The number of hydrogen-bond acceptors (Lipinski definition) is 1. The van der Waals surface area contributed by atoms with Gasteiger partial charge in [0.2, 0.25) is 0 Å². The Hall–Kier alpha value is -1.96. The molecule has 1 nitrogen and oxygen atoms in total. The van der Waals surface area contributed by atoms with E-state index in [9.17, 15) is 9.18 Å². The van der Waals surface area contributed by atoms with Crippen molar-refractivity contribution in [2.24, 2.45) is 0 Å². The van der Waals surface area contributed by atoms with Crippen LogP contribution in [-0.2, 0) is 6.42 Å². The normalized spacial score (nSPS) is 10.5. The molecular formula is C17H17FO. The van der Waals surface area contributed by atoms with Gasteiger partial charge in [-0.2, -0.15) is 0 Å². The summed E-state index contributed by atoms with van der Waals surface area (Å²) in [6.07, 6.45) is 0.316. The van der Waals surface area contributed by atoms with E-state index in [-0.39, 0.29) is 11.6 Å². The molecule has 0 N–H and O–H groups in total. The highest BCUT2D eigenvalue weighted by Gasteiger charge is 2.11. The molecule has 2 aromatic carbocycles. The zero-order chi connectivity index (χ0) is 14.0. The van der Waals surface area contributed by atoms with Crippen LogP contribution >= 0.6 is 0 Å². The van der Waals surface area contributed by atoms with E-state index in [1.807, 2.05) is 39.0 Å². The number of benzene rings is 2. The molecule has 0 heterocycles. The Balaban J connectivity index is 2.28. The van der Waals surface area contributed by atoms with Crippen LogP contribution in [0, 0.1) is 26.6 Å². The minimum absolute atomic E-state index is 0.0795. The molecule has 0 aliphatic heterocycles. The molecule has 0 saturated heterocycles. The van der Waals surface area contributed by atoms with Crippen molar-refractivity contribution in [1.29, 1.82) is 0 Å². The number of aryl methyl sites for hydroxylation is 3. The van der Waals surface area contributed by atoms with Crippen LogP contribution in [0.3, 0.4) is 0 Å². The summed E-state index contributed by atoms with van der Waals surface area (Å²) in [6, 6.07) is 10.4. The first-order valence-corrected chi connectivity index (χ1v) is 6.33. The lowest BCUT2D eigenvalue weighted by Crippen LogP contribution is -2.07. The summed E-state index contributed by atoms with van der Waals surface area (Å²) < 4.78 is 13.0. The SMILES string of the molecule is Cc1ccc(C)c(C(=O)Cc2ccc(F)cc2C)c1. The van der Waals surface area contributed by atoms with Crippen molar-refractivity contribution in [3.8, 4) is 0 Å². The summed E-state index contributed by atoms with van der Waals surface area (Å²) in [5.74, 6) is -0.184. The molecule has 0 saturated carbocycles. The van der Waals surface area contributed by atoms with Crippen molar-refractivity contribution in [3.63, 3.8) is 0 Å². The Bertz CT molecular complexity index is 629. The van der Waals surface area contributed by atoms with Crippen LogP contribution in [0.25, 0.3) is 0 Å². The van der Waals surface area contributed by atoms with Gasteiger partial charge in [-0.3, -0.25) is 4.79 Å². The molecule has 0 aromatic heterocycles. The summed E-state index contributed by atoms with van der Waals surface area (Å²) in [7, 11) is 0. The van der Waals surface area contributed by atoms with Gasteiger partial charge in [0.15, 0.2) is 5.78 Å². The monoisotopic (exact) mass is 256 g/mol. The standard InChI is InChI=1S/C17H17FO/c1-11-4-5-12(2)16(8-11)17(19)10-14-6-7-15(18)9-13(14)3/h4-9H,10H2,1-3H3. The summed E-state index contributed by atoms with van der Waals surface area (Å²) >= 11 is 0. The van der Waals surface area contributed by atoms with E-state index >= 15 is 0 Å². The van der Waals surface area contributed by atoms with E-state index in [4.69, 9.17) is 0 Å². The fourth-order valence-corrected chi connectivity index (χ4v) is 2.16. The Morgan fingerprint density at radius 2 is 1.74 bits per heavy atom. The van der Waals surface area contributed by atoms with Crippen LogP contribution < -0.4 is 0 Å². The predicted octanol–water partition coefficient (Wildman–Crippen LogP) is 4.18. The van der Waals surface area contributed by atoms with Crippen LogP contribution in [0.2, 0.25) is 0 Å². The van der Waals surface area contributed by atoms with Crippen molar-refractivity contribution >= 4 is 5.78 Å². The number of hydrogen-bond donors (Lipinski definition) is 0. The molecule has 0 radical (unpaired) electrons. The molecule has 0 spiro atoms. The van der Waals surface area contributed by atoms with Gasteiger partial charge < -0.3 is 0 Å². The summed E-state index contributed by atoms with van der Waals surface area (Å²) in [6.45, 7) is 5.73. The third-order valence-corrected chi connectivity index (χ3v) is 3.35. The first kappa shape index (κ1) is 13.5. The van der Waals surface area contributed by atoms with Crippen LogP contribution in [0.1, 0.15) is 32.6 Å². The number of rotatable bonds is 3. The zero-order valence-electron chi connectivity index (χ0n) is 11.5. The summed E-state index contributed by atoms with van der Waals surface area (Å²) in [5.41, 5.74) is 4.51. The van der Waals surface area contributed by atoms with Gasteiger partial charge in [-0.1, -0.05) is 23.8 Å². The largest absolute Gasteiger partial charge is 0.294 e. The molecule has 0 unspecified atom stereocenters. The third-order valence-electron chi connectivity index (χ3n) is 3.35. The lowest BCUT2D eigenvalue weighted by Gasteiger charge is -2.08. The fourth-order valence-electron chi connectivity index (χ4n) is 2.16. The van der Waals surface area contributed by atoms with Crippen molar-refractivity contribution in [2.45, 2.75) is 27.2 Å². The van der Waals surface area contributed by atoms with Crippen molar-refractivity contribution in [1.82, 2.24) is 0 Å². The highest BCUT2D eigenvalue weighted by Crippen LogP contribution is 2.17. The van der Waals surface area contributed by atoms with Gasteiger partial charge in [0.1, 0.15) is 5.82 Å². The molecular weight excluding hydrogens is 239 g/mol. The van der Waals surface area contributed by atoms with Crippen molar-refractivity contribution in [3.05, 3.63) is 70.0 Å². The molecule has 98 valence electrons. The molecule has 0 atom stereocenters. The number of carbonyl (C=O) groups excluding carboxylic acids is 1. The molecule has 19 heavy (non-hydrogen) atoms. The van der Waals surface area contributed by atoms with Gasteiger partial charge in [0.05, 0.1) is 0 Å². The van der Waals surface area contributed by atoms with E-state index in [2.05, 4.69) is 0 Å². The second-order valence-corrected chi connectivity index (χ2v) is 4.99. The molecule has 0 bridgehead atoms. The quantitative estimate of drug-likeness (QED) is 0.753. The van der Waals surface area contributed by atoms with Crippen LogP contribution in [0.5, 0.6) is 0 Å². The van der Waals surface area contributed by atoms with Gasteiger partial charge >= 0.3 is 0 Å². The Morgan fingerprint density at radius 1 is 1.00 bits per heavy atom. The molecule has 0 aliphatic carbocycles. The van der Waals surface area contributed by atoms with Crippen molar-refractivity contribution in [2.75, 3.05) is 0 Å². The Labute approximate surface area is 113 Å². The summed E-state index contributed by atoms with van der Waals surface area (Å²) in [5, 5.41) is 0. The predicted molar refractivity (Wildman–Crippen MR) is 75.1 cm³/mol. The first-order valence-electron chi connectivity index (χ1n) is 6.33. The number of Topliss-reactive ketones (excluding diaryl/α,β-unsaturated/α-hetero) is 1. The fraction of sp³-hybridized carbons (Fsp3) is 0.235. The van der Waals surface area contributed by atoms with E-state index in [1.165, 1.54) is 12.1 Å². The second-order valence-electron chi connectivity index (χ2n) is 4.99. The Morgan fingerprint density at radius 3 is 2.42 bits per heavy atom. The van der Waals surface area contributed by atoms with E-state index in [1.54, 1.807) is 6.07 Å². The molecule has 2 rings (SSSR count). The average molecular weight is 256 g/mol. The van der Waals surface area contributed by atoms with Crippen LogP contribution in [-0.4, -0.2) is 5.78 Å². The highest BCUT2D eigenvalue weighted by molar-refractivity contribution is 5.99. The number of halogens is 1. The van der Waals surface area contributed by atoms with Gasteiger partial charge in [0.25, 0.3) is 0 Å². The van der Waals surface area contributed by atoms with E-state index in [0.717, 1.165) is 27.8 Å². The summed E-state index contributed by atoms with van der Waals surface area (Å²) in [4.78, 5) is 12.3. The molecule has 0 aliphatic rings. The number of ketones is 1. The minimum Gasteiger partial charge on any atom is -0.294 e. The van der Waals surface area contributed by atoms with Gasteiger partial charge in [-0.05, 0) is 55.7 Å². The van der Waals surface area contributed by atoms with Crippen molar-refractivity contribution < 1.29 is 9.18 Å². The zero-order valence-corrected chi connectivity index (χ0v) is 11.5. The molecule has 2 aromatic rings. The first-order chi connectivity index (χ1) is 8.97. The smallest absolute Gasteiger partial charge is 0.167 e. The van der Waals surface area contributed by atoms with Gasteiger partial charge in [0, 0.05) is 12.0 Å². The maximum absolute atomic E-state index is 13.0. The molecule has 0 amide bonds. The topological polar surface area (TPSA) is 17.1 Å². The van der Waals surface area contributed by atoms with Crippen LogP contribution in [0.15, 0.2) is 36.4 Å². The average Bonchev–Trinajstić information content (AvgIpc) is 2.35. The minimum atomic E-state index is -0.263. The van der Waals surface area contributed by atoms with Gasteiger partial charge in [-0.15, -0.1) is 0 Å². The number of carbonyl (C=O) groups is 1. The molecule has 2 heteroatoms. The lowest BCUT2D eigenvalue weighted by molar-refractivity contribution is 0.0992. The highest BCUT2D eigenvalue weighted by atomic mass is 19.1. The third kappa shape index (κ3) is 3.08. The Kier molecular flexibility index (Phi) is 3.79. The maximum atomic E-state index is 13.0. The van der Waals surface area contributed by atoms with Crippen LogP contribution in [0.4, 0.5) is 4.39 Å². The maximum Gasteiger partial charge on any atom is 0.167 e.